The average molecular weight is 292 g/mol. The lowest BCUT2D eigenvalue weighted by molar-refractivity contribution is -0.125. The topological polar surface area (TPSA) is 83.8 Å². The number of nitrogens with two attached hydrogens (primary N) is 1. The van der Waals surface area contributed by atoms with Crippen molar-refractivity contribution in [3.05, 3.63) is 11.8 Å². The molecule has 5 nitrogen and oxygen atoms in total. The molecule has 1 aromatic heterocycles. The number of H-pyrrole nitrogens is 1. The zero-order valence-electron chi connectivity index (χ0n) is 13.5. The first-order valence-electron chi connectivity index (χ1n) is 7.95. The molecule has 0 radical (unpaired) electrons. The Kier molecular flexibility index (Phi) is 4.71. The Morgan fingerprint density at radius 2 is 1.95 bits per heavy atom. The fourth-order valence-corrected chi connectivity index (χ4v) is 2.95. The number of hydrogen-bond acceptors (Lipinski definition) is 3. The predicted molar refractivity (Wildman–Crippen MR) is 85.1 cm³/mol. The highest BCUT2D eigenvalue weighted by atomic mass is 16.2. The maximum Gasteiger partial charge on any atom is 0.233 e. The number of carbonyl (C=O) groups excluding carboxylic acids is 1. The lowest BCUT2D eigenvalue weighted by Gasteiger charge is -2.29. The maximum absolute atomic E-state index is 12.7. The van der Waals surface area contributed by atoms with Crippen molar-refractivity contribution in [2.24, 2.45) is 11.1 Å². The average Bonchev–Trinajstić information content (AvgIpc) is 2.75. The number of hydrogen-bond donors (Lipinski definition) is 3. The minimum absolute atomic E-state index is 0.0101. The van der Waals surface area contributed by atoms with Gasteiger partial charge >= 0.3 is 0 Å². The van der Waals surface area contributed by atoms with Crippen LogP contribution < -0.4 is 11.1 Å². The second-order valence-corrected chi connectivity index (χ2v) is 7.27. The SMILES string of the molecule is CC(C)(C)c1cc(NC(=O)C2(CN)CCCCCC2)n[nH]1. The Labute approximate surface area is 127 Å². The molecule has 0 bridgehead atoms. The van der Waals surface area contributed by atoms with Gasteiger partial charge in [0.2, 0.25) is 5.91 Å². The van der Waals surface area contributed by atoms with Crippen molar-refractivity contribution in [1.29, 1.82) is 0 Å². The van der Waals surface area contributed by atoms with Crippen molar-refractivity contribution in [3.8, 4) is 0 Å². The summed E-state index contributed by atoms with van der Waals surface area (Å²) < 4.78 is 0. The van der Waals surface area contributed by atoms with Crippen molar-refractivity contribution < 1.29 is 4.79 Å². The number of aromatic nitrogens is 2. The van der Waals surface area contributed by atoms with Gasteiger partial charge in [0.15, 0.2) is 5.82 Å². The van der Waals surface area contributed by atoms with E-state index in [0.717, 1.165) is 31.4 Å². The molecule has 1 aromatic rings. The smallest absolute Gasteiger partial charge is 0.233 e. The summed E-state index contributed by atoms with van der Waals surface area (Å²) in [6.45, 7) is 6.74. The van der Waals surface area contributed by atoms with Gasteiger partial charge in [-0.3, -0.25) is 9.89 Å². The molecule has 1 aliphatic carbocycles. The van der Waals surface area contributed by atoms with Crippen LogP contribution in [0, 0.1) is 5.41 Å². The summed E-state index contributed by atoms with van der Waals surface area (Å²) in [4.78, 5) is 12.7. The third-order valence-corrected chi connectivity index (χ3v) is 4.56. The van der Waals surface area contributed by atoms with E-state index in [2.05, 4.69) is 36.3 Å². The van der Waals surface area contributed by atoms with Crippen LogP contribution in [-0.4, -0.2) is 22.6 Å². The number of amides is 1. The molecule has 0 atom stereocenters. The van der Waals surface area contributed by atoms with Gasteiger partial charge in [0, 0.05) is 23.7 Å². The van der Waals surface area contributed by atoms with Crippen molar-refractivity contribution in [2.75, 3.05) is 11.9 Å². The molecule has 1 aliphatic rings. The molecule has 118 valence electrons. The number of carbonyl (C=O) groups is 1. The van der Waals surface area contributed by atoms with Gasteiger partial charge in [0.25, 0.3) is 0 Å². The summed E-state index contributed by atoms with van der Waals surface area (Å²) in [6, 6.07) is 1.92. The van der Waals surface area contributed by atoms with Gasteiger partial charge in [0.05, 0.1) is 5.41 Å². The van der Waals surface area contributed by atoms with E-state index in [1.54, 1.807) is 0 Å². The van der Waals surface area contributed by atoms with Crippen LogP contribution in [0.25, 0.3) is 0 Å². The molecule has 5 heteroatoms. The third-order valence-electron chi connectivity index (χ3n) is 4.56. The Morgan fingerprint density at radius 1 is 1.33 bits per heavy atom. The van der Waals surface area contributed by atoms with Crippen LogP contribution in [-0.2, 0) is 10.2 Å². The normalized spacial score (nSPS) is 19.0. The van der Waals surface area contributed by atoms with Gasteiger partial charge in [-0.25, -0.2) is 0 Å². The molecule has 21 heavy (non-hydrogen) atoms. The van der Waals surface area contributed by atoms with Crippen molar-refractivity contribution in [1.82, 2.24) is 10.2 Å². The predicted octanol–water partition coefficient (Wildman–Crippen LogP) is 2.95. The van der Waals surface area contributed by atoms with Gasteiger partial charge in [-0.2, -0.15) is 5.10 Å². The third kappa shape index (κ3) is 3.64. The zero-order valence-corrected chi connectivity index (χ0v) is 13.5. The number of nitrogens with one attached hydrogen (secondary N) is 2. The highest BCUT2D eigenvalue weighted by Gasteiger charge is 2.37. The van der Waals surface area contributed by atoms with Crippen LogP contribution in [0.1, 0.15) is 65.0 Å². The Hall–Kier alpha value is -1.36. The molecule has 0 spiro atoms. The van der Waals surface area contributed by atoms with Crippen LogP contribution in [0.15, 0.2) is 6.07 Å². The molecule has 1 heterocycles. The van der Waals surface area contributed by atoms with Crippen LogP contribution >= 0.6 is 0 Å². The van der Waals surface area contributed by atoms with E-state index in [9.17, 15) is 4.79 Å². The largest absolute Gasteiger partial charge is 0.329 e. The first kappa shape index (κ1) is 16.0. The van der Waals surface area contributed by atoms with E-state index >= 15 is 0 Å². The molecule has 1 saturated carbocycles. The van der Waals surface area contributed by atoms with E-state index in [4.69, 9.17) is 5.73 Å². The van der Waals surface area contributed by atoms with E-state index in [0.29, 0.717) is 12.4 Å². The van der Waals surface area contributed by atoms with Gasteiger partial charge < -0.3 is 11.1 Å². The monoisotopic (exact) mass is 292 g/mol. The summed E-state index contributed by atoms with van der Waals surface area (Å²) in [7, 11) is 0. The molecule has 0 saturated heterocycles. The maximum atomic E-state index is 12.7. The van der Waals surface area contributed by atoms with Gasteiger partial charge in [0.1, 0.15) is 0 Å². The number of rotatable bonds is 3. The molecular formula is C16H28N4O. The molecular weight excluding hydrogens is 264 g/mol. The first-order valence-corrected chi connectivity index (χ1v) is 7.95. The summed E-state index contributed by atoms with van der Waals surface area (Å²) >= 11 is 0. The lowest BCUT2D eigenvalue weighted by atomic mass is 9.79. The van der Waals surface area contributed by atoms with Gasteiger partial charge in [-0.05, 0) is 12.8 Å². The lowest BCUT2D eigenvalue weighted by Crippen LogP contribution is -2.42. The Morgan fingerprint density at radius 3 is 2.43 bits per heavy atom. The van der Waals surface area contributed by atoms with Crippen LogP contribution in [0.2, 0.25) is 0 Å². The number of anilines is 1. The van der Waals surface area contributed by atoms with Gasteiger partial charge in [-0.15, -0.1) is 0 Å². The standard InChI is InChI=1S/C16H28N4O/c1-15(2,3)12-10-13(20-19-12)18-14(21)16(11-17)8-6-4-5-7-9-16/h10H,4-9,11,17H2,1-3H3,(H2,18,19,20,21). The number of nitrogens with zero attached hydrogens (tertiary/aromatic N) is 1. The molecule has 0 aliphatic heterocycles. The number of aromatic amines is 1. The fraction of sp³-hybridized carbons (Fsp3) is 0.750. The van der Waals surface area contributed by atoms with E-state index in [1.165, 1.54) is 12.8 Å². The Bertz CT molecular complexity index is 479. The molecule has 1 amide bonds. The molecule has 2 rings (SSSR count). The zero-order chi connectivity index (χ0) is 15.5. The summed E-state index contributed by atoms with van der Waals surface area (Å²) in [5, 5.41) is 10.2. The highest BCUT2D eigenvalue weighted by molar-refractivity contribution is 5.94. The van der Waals surface area contributed by atoms with Crippen molar-refractivity contribution in [2.45, 2.75) is 64.7 Å². The highest BCUT2D eigenvalue weighted by Crippen LogP contribution is 2.35. The van der Waals surface area contributed by atoms with Crippen molar-refractivity contribution in [3.63, 3.8) is 0 Å². The molecule has 0 unspecified atom stereocenters. The van der Waals surface area contributed by atoms with Gasteiger partial charge in [-0.1, -0.05) is 46.5 Å². The summed E-state index contributed by atoms with van der Waals surface area (Å²) in [5.41, 5.74) is 6.53. The van der Waals surface area contributed by atoms with E-state index < -0.39 is 5.41 Å². The molecule has 1 fully saturated rings. The van der Waals surface area contributed by atoms with Crippen LogP contribution in [0.5, 0.6) is 0 Å². The minimum Gasteiger partial charge on any atom is -0.329 e. The first-order chi connectivity index (χ1) is 9.87. The molecule has 0 aromatic carbocycles. The van der Waals surface area contributed by atoms with Crippen LogP contribution in [0.4, 0.5) is 5.82 Å². The second kappa shape index (κ2) is 6.18. The quantitative estimate of drug-likeness (QED) is 0.749. The molecule has 4 N–H and O–H groups in total. The van der Waals surface area contributed by atoms with E-state index in [-0.39, 0.29) is 11.3 Å². The Balaban J connectivity index is 2.10. The van der Waals surface area contributed by atoms with Crippen molar-refractivity contribution >= 4 is 11.7 Å². The van der Waals surface area contributed by atoms with Crippen LogP contribution in [0.3, 0.4) is 0 Å². The fourth-order valence-electron chi connectivity index (χ4n) is 2.95. The minimum atomic E-state index is -0.419. The van der Waals surface area contributed by atoms with E-state index in [1.807, 2.05) is 6.07 Å². The summed E-state index contributed by atoms with van der Waals surface area (Å²) in [5.74, 6) is 0.626. The second-order valence-electron chi connectivity index (χ2n) is 7.27. The summed E-state index contributed by atoms with van der Waals surface area (Å²) in [6.07, 6.45) is 6.33.